The van der Waals surface area contributed by atoms with Gasteiger partial charge in [0.05, 0.1) is 18.3 Å². The molecule has 0 bridgehead atoms. The zero-order valence-electron chi connectivity index (χ0n) is 17.2. The van der Waals surface area contributed by atoms with E-state index in [1.807, 2.05) is 54.6 Å². The van der Waals surface area contributed by atoms with Gasteiger partial charge in [-0.2, -0.15) is 0 Å². The summed E-state index contributed by atoms with van der Waals surface area (Å²) in [6.45, 7) is 1.31. The lowest BCUT2D eigenvalue weighted by atomic mass is 9.91. The number of allylic oxidation sites excluding steroid dienone is 4. The third-order valence-corrected chi connectivity index (χ3v) is 5.57. The number of aliphatic hydroxyl groups excluding tert-OH is 2. The minimum Gasteiger partial charge on any atom is -0.394 e. The molecule has 2 heterocycles. The molecular weight excluding hydrogens is 394 g/mol. The van der Waals surface area contributed by atoms with Crippen LogP contribution in [0.15, 0.2) is 59.8 Å². The van der Waals surface area contributed by atoms with Crippen LogP contribution in [0.2, 0.25) is 0 Å². The molecule has 160 valence electrons. The summed E-state index contributed by atoms with van der Waals surface area (Å²) >= 11 is 0. The third kappa shape index (κ3) is 4.10. The molecule has 31 heavy (non-hydrogen) atoms. The summed E-state index contributed by atoms with van der Waals surface area (Å²) in [5, 5.41) is 24.2. The molecule has 1 aromatic heterocycles. The van der Waals surface area contributed by atoms with Crippen LogP contribution in [-0.2, 0) is 4.79 Å². The van der Waals surface area contributed by atoms with Crippen molar-refractivity contribution in [1.29, 1.82) is 0 Å². The minimum atomic E-state index is -1.03. The van der Waals surface area contributed by atoms with E-state index in [4.69, 9.17) is 5.11 Å². The van der Waals surface area contributed by atoms with Crippen LogP contribution < -0.4 is 10.6 Å². The van der Waals surface area contributed by atoms with Crippen LogP contribution in [0.1, 0.15) is 28.2 Å². The van der Waals surface area contributed by atoms with Crippen molar-refractivity contribution < 1.29 is 19.8 Å². The number of aromatic amines is 1. The van der Waals surface area contributed by atoms with Gasteiger partial charge in [-0.25, -0.2) is 0 Å². The smallest absolute Gasteiger partial charge is 0.253 e. The number of nitrogens with one attached hydrogen (secondary N) is 3. The first-order valence-corrected chi connectivity index (χ1v) is 10.2. The van der Waals surface area contributed by atoms with E-state index in [9.17, 15) is 14.7 Å². The second kappa shape index (κ2) is 8.75. The highest BCUT2D eigenvalue weighted by atomic mass is 16.3. The quantitative estimate of drug-likeness (QED) is 0.461. The molecule has 0 spiro atoms. The number of hydrogen-bond acceptors (Lipinski definition) is 4. The maximum atomic E-state index is 13.0. The Labute approximate surface area is 180 Å². The summed E-state index contributed by atoms with van der Waals surface area (Å²) < 4.78 is 0. The van der Waals surface area contributed by atoms with Crippen LogP contribution in [0.5, 0.6) is 0 Å². The average Bonchev–Trinajstić information content (AvgIpc) is 3.28. The van der Waals surface area contributed by atoms with Gasteiger partial charge in [0.15, 0.2) is 0 Å². The number of aryl methyl sites for hydroxylation is 1. The zero-order valence-corrected chi connectivity index (χ0v) is 17.2. The van der Waals surface area contributed by atoms with E-state index < -0.39 is 12.7 Å². The first-order chi connectivity index (χ1) is 15.0. The van der Waals surface area contributed by atoms with Crippen molar-refractivity contribution in [2.24, 2.45) is 5.92 Å². The van der Waals surface area contributed by atoms with Crippen LogP contribution in [0, 0.1) is 12.8 Å². The normalized spacial score (nSPS) is 19.7. The molecule has 1 aliphatic heterocycles. The van der Waals surface area contributed by atoms with E-state index in [1.54, 1.807) is 6.92 Å². The van der Waals surface area contributed by atoms with Gasteiger partial charge in [-0.1, -0.05) is 42.5 Å². The predicted molar refractivity (Wildman–Crippen MR) is 118 cm³/mol. The van der Waals surface area contributed by atoms with Crippen molar-refractivity contribution >= 4 is 17.9 Å². The van der Waals surface area contributed by atoms with E-state index in [-0.39, 0.29) is 24.3 Å². The molecule has 1 saturated heterocycles. The Morgan fingerprint density at radius 2 is 2.10 bits per heavy atom. The second-order valence-corrected chi connectivity index (χ2v) is 7.72. The fourth-order valence-corrected chi connectivity index (χ4v) is 4.05. The molecule has 1 aliphatic carbocycles. The molecule has 2 unspecified atom stereocenters. The molecule has 1 aromatic carbocycles. The molecule has 2 atom stereocenters. The molecular formula is C24H25N3O4. The standard InChI is InChI=1S/C24H25N3O4/c1-14-21(24(31)25-12-16(29)13-28)22(15-7-3-2-4-8-15)20(26-14)11-18-17-9-5-6-10-19(17)27-23(18)30/h2-8,10-11,16-17,26,28-29H,9,12-13H2,1H3,(H,25,31)(H,27,30)/b18-11-. The number of fused-ring (bicyclic) bond motifs is 1. The van der Waals surface area contributed by atoms with Gasteiger partial charge < -0.3 is 25.8 Å². The van der Waals surface area contributed by atoms with Crippen molar-refractivity contribution in [1.82, 2.24) is 15.6 Å². The van der Waals surface area contributed by atoms with Crippen molar-refractivity contribution in [2.75, 3.05) is 13.2 Å². The molecule has 7 heteroatoms. The summed E-state index contributed by atoms with van der Waals surface area (Å²) in [7, 11) is 0. The summed E-state index contributed by atoms with van der Waals surface area (Å²) in [5.74, 6) is -0.521. The largest absolute Gasteiger partial charge is 0.394 e. The Bertz CT molecular complexity index is 1100. The topological polar surface area (TPSA) is 114 Å². The Hall–Kier alpha value is -3.42. The Morgan fingerprint density at radius 1 is 1.32 bits per heavy atom. The monoisotopic (exact) mass is 419 g/mol. The van der Waals surface area contributed by atoms with Gasteiger partial charge in [-0.05, 0) is 31.1 Å². The summed E-state index contributed by atoms with van der Waals surface area (Å²) in [4.78, 5) is 28.9. The first-order valence-electron chi connectivity index (χ1n) is 10.2. The van der Waals surface area contributed by atoms with Crippen molar-refractivity contribution in [2.45, 2.75) is 19.4 Å². The number of hydrogen-bond donors (Lipinski definition) is 5. The molecule has 2 amide bonds. The first kappa shape index (κ1) is 20.8. The Morgan fingerprint density at radius 3 is 2.84 bits per heavy atom. The summed E-state index contributed by atoms with van der Waals surface area (Å²) in [6, 6.07) is 9.50. The second-order valence-electron chi connectivity index (χ2n) is 7.72. The Balaban J connectivity index is 1.79. The molecule has 0 saturated carbocycles. The van der Waals surface area contributed by atoms with Crippen LogP contribution in [0.3, 0.4) is 0 Å². The van der Waals surface area contributed by atoms with Gasteiger partial charge in [0.2, 0.25) is 0 Å². The van der Waals surface area contributed by atoms with Crippen LogP contribution in [-0.4, -0.2) is 46.3 Å². The minimum absolute atomic E-state index is 0.0262. The van der Waals surface area contributed by atoms with E-state index >= 15 is 0 Å². The number of H-pyrrole nitrogens is 1. The van der Waals surface area contributed by atoms with Crippen molar-refractivity contribution in [3.05, 3.63) is 76.8 Å². The number of rotatable bonds is 6. The highest BCUT2D eigenvalue weighted by Crippen LogP contribution is 2.37. The number of carbonyl (C=O) groups is 2. The van der Waals surface area contributed by atoms with E-state index in [2.05, 4.69) is 15.6 Å². The van der Waals surface area contributed by atoms with Crippen LogP contribution >= 0.6 is 0 Å². The maximum Gasteiger partial charge on any atom is 0.253 e. The molecule has 5 N–H and O–H groups in total. The molecule has 1 fully saturated rings. The summed E-state index contributed by atoms with van der Waals surface area (Å²) in [6.07, 6.45) is 7.42. The average molecular weight is 419 g/mol. The molecule has 0 radical (unpaired) electrons. The van der Waals surface area contributed by atoms with Gasteiger partial charge in [0, 0.05) is 40.7 Å². The van der Waals surface area contributed by atoms with Crippen LogP contribution in [0.25, 0.3) is 17.2 Å². The lowest BCUT2D eigenvalue weighted by molar-refractivity contribution is -0.115. The van der Waals surface area contributed by atoms with Crippen molar-refractivity contribution in [3.8, 4) is 11.1 Å². The third-order valence-electron chi connectivity index (χ3n) is 5.57. The zero-order chi connectivity index (χ0) is 22.0. The van der Waals surface area contributed by atoms with E-state index in [1.165, 1.54) is 0 Å². The van der Waals surface area contributed by atoms with Crippen LogP contribution in [0.4, 0.5) is 0 Å². The van der Waals surface area contributed by atoms with Gasteiger partial charge in [-0.15, -0.1) is 0 Å². The predicted octanol–water partition coefficient (Wildman–Crippen LogP) is 2.05. The number of carbonyl (C=O) groups excluding carboxylic acids is 2. The maximum absolute atomic E-state index is 13.0. The highest BCUT2D eigenvalue weighted by molar-refractivity contribution is 6.07. The number of amides is 2. The summed E-state index contributed by atoms with van der Waals surface area (Å²) in [5.41, 5.74) is 4.84. The van der Waals surface area contributed by atoms with Gasteiger partial charge in [-0.3, -0.25) is 9.59 Å². The van der Waals surface area contributed by atoms with Gasteiger partial charge in [0.1, 0.15) is 0 Å². The highest BCUT2D eigenvalue weighted by Gasteiger charge is 2.33. The van der Waals surface area contributed by atoms with Gasteiger partial charge in [0.25, 0.3) is 11.8 Å². The van der Waals surface area contributed by atoms with Gasteiger partial charge >= 0.3 is 0 Å². The number of aliphatic hydroxyl groups is 2. The lowest BCUT2D eigenvalue weighted by Crippen LogP contribution is -2.34. The van der Waals surface area contributed by atoms with E-state index in [0.29, 0.717) is 28.1 Å². The molecule has 7 nitrogen and oxygen atoms in total. The molecule has 4 rings (SSSR count). The SMILES string of the molecule is Cc1[nH]c(/C=C2\C(=O)NC3=CC=CCC32)c(-c2ccccc2)c1C(=O)NCC(O)CO. The fraction of sp³-hybridized carbons (Fsp3) is 0.250. The van der Waals surface area contributed by atoms with Crippen molar-refractivity contribution in [3.63, 3.8) is 0 Å². The number of aromatic nitrogens is 1. The van der Waals surface area contributed by atoms with E-state index in [0.717, 1.165) is 17.7 Å². The number of benzene rings is 1. The molecule has 2 aliphatic rings. The fourth-order valence-electron chi connectivity index (χ4n) is 4.05. The lowest BCUT2D eigenvalue weighted by Gasteiger charge is -2.13. The Kier molecular flexibility index (Phi) is 5.88. The molecule has 2 aromatic rings.